The Kier molecular flexibility index (Phi) is 6.52. The van der Waals surface area contributed by atoms with E-state index in [0.717, 1.165) is 32.5 Å². The average molecular weight is 290 g/mol. The highest BCUT2D eigenvalue weighted by Crippen LogP contribution is 2.24. The third-order valence-electron chi connectivity index (χ3n) is 4.76. The Labute approximate surface area is 129 Å². The molecule has 1 saturated carbocycles. The van der Waals surface area contributed by atoms with Gasteiger partial charge in [-0.3, -0.25) is 0 Å². The third kappa shape index (κ3) is 4.72. The highest BCUT2D eigenvalue weighted by molar-refractivity contribution is 5.47. The highest BCUT2D eigenvalue weighted by atomic mass is 16.3. The SMILES string of the molecule is CCN(CC)c1ccc(CNC2CCC(CO)CC2)cc1. The van der Waals surface area contributed by atoms with Gasteiger partial charge in [-0.1, -0.05) is 12.1 Å². The summed E-state index contributed by atoms with van der Waals surface area (Å²) in [5.41, 5.74) is 2.67. The first kappa shape index (κ1) is 16.3. The second kappa shape index (κ2) is 8.40. The molecule has 1 aliphatic rings. The zero-order valence-electron chi connectivity index (χ0n) is 13.5. The van der Waals surface area contributed by atoms with Crippen molar-refractivity contribution in [3.8, 4) is 0 Å². The van der Waals surface area contributed by atoms with Crippen LogP contribution < -0.4 is 10.2 Å². The molecule has 1 aromatic rings. The van der Waals surface area contributed by atoms with Crippen LogP contribution in [0.25, 0.3) is 0 Å². The van der Waals surface area contributed by atoms with Crippen molar-refractivity contribution in [3.63, 3.8) is 0 Å². The van der Waals surface area contributed by atoms with Crippen LogP contribution in [0.2, 0.25) is 0 Å². The first-order chi connectivity index (χ1) is 10.3. The summed E-state index contributed by atoms with van der Waals surface area (Å²) in [6.07, 6.45) is 4.72. The molecule has 0 aliphatic heterocycles. The molecule has 0 saturated heterocycles. The Bertz CT molecular complexity index is 392. The van der Waals surface area contributed by atoms with Crippen LogP contribution in [-0.2, 0) is 6.54 Å². The summed E-state index contributed by atoms with van der Waals surface area (Å²) < 4.78 is 0. The Morgan fingerprint density at radius 2 is 1.67 bits per heavy atom. The Morgan fingerprint density at radius 1 is 1.05 bits per heavy atom. The summed E-state index contributed by atoms with van der Waals surface area (Å²) in [6.45, 7) is 7.82. The number of nitrogens with zero attached hydrogens (tertiary/aromatic N) is 1. The first-order valence-corrected chi connectivity index (χ1v) is 8.44. The fourth-order valence-electron chi connectivity index (χ4n) is 3.22. The molecule has 3 heteroatoms. The summed E-state index contributed by atoms with van der Waals surface area (Å²) in [6, 6.07) is 9.55. The van der Waals surface area contributed by atoms with Crippen molar-refractivity contribution >= 4 is 5.69 Å². The standard InChI is InChI=1S/C18H30N2O/c1-3-20(4-2)18-11-7-15(8-12-18)13-19-17-9-5-16(14-21)6-10-17/h7-8,11-12,16-17,19,21H,3-6,9-10,13-14H2,1-2H3. The number of nitrogens with one attached hydrogen (secondary N) is 1. The van der Waals surface area contributed by atoms with Crippen molar-refractivity contribution in [1.82, 2.24) is 5.32 Å². The van der Waals surface area contributed by atoms with E-state index in [1.807, 2.05) is 0 Å². The van der Waals surface area contributed by atoms with E-state index in [2.05, 4.69) is 48.3 Å². The molecular weight excluding hydrogens is 260 g/mol. The maximum Gasteiger partial charge on any atom is 0.0459 e. The van der Waals surface area contributed by atoms with Crippen LogP contribution in [0.5, 0.6) is 0 Å². The number of benzene rings is 1. The number of aliphatic hydroxyl groups excluding tert-OH is 1. The summed E-state index contributed by atoms with van der Waals surface area (Å²) in [4.78, 5) is 2.37. The third-order valence-corrected chi connectivity index (χ3v) is 4.76. The molecule has 118 valence electrons. The molecule has 2 N–H and O–H groups in total. The number of hydrogen-bond donors (Lipinski definition) is 2. The molecule has 0 bridgehead atoms. The number of hydrogen-bond acceptors (Lipinski definition) is 3. The normalized spacial score (nSPS) is 22.2. The van der Waals surface area contributed by atoms with Crippen molar-refractivity contribution < 1.29 is 5.11 Å². The largest absolute Gasteiger partial charge is 0.396 e. The Morgan fingerprint density at radius 3 is 2.19 bits per heavy atom. The van der Waals surface area contributed by atoms with Gasteiger partial charge in [0.1, 0.15) is 0 Å². The molecule has 0 unspecified atom stereocenters. The minimum atomic E-state index is 0.361. The van der Waals surface area contributed by atoms with Gasteiger partial charge in [-0.25, -0.2) is 0 Å². The van der Waals surface area contributed by atoms with Gasteiger partial charge in [0.05, 0.1) is 0 Å². The minimum Gasteiger partial charge on any atom is -0.396 e. The topological polar surface area (TPSA) is 35.5 Å². The second-order valence-electron chi connectivity index (χ2n) is 6.12. The van der Waals surface area contributed by atoms with E-state index in [1.54, 1.807) is 0 Å². The van der Waals surface area contributed by atoms with Crippen molar-refractivity contribution in [2.45, 2.75) is 52.1 Å². The van der Waals surface area contributed by atoms with Crippen LogP contribution in [0, 0.1) is 5.92 Å². The van der Waals surface area contributed by atoms with E-state index in [1.165, 1.54) is 24.1 Å². The molecule has 0 amide bonds. The molecule has 0 heterocycles. The monoisotopic (exact) mass is 290 g/mol. The van der Waals surface area contributed by atoms with E-state index >= 15 is 0 Å². The lowest BCUT2D eigenvalue weighted by Crippen LogP contribution is -2.33. The summed E-state index contributed by atoms with van der Waals surface area (Å²) in [7, 11) is 0. The van der Waals surface area contributed by atoms with Crippen molar-refractivity contribution in [1.29, 1.82) is 0 Å². The Balaban J connectivity index is 1.79. The summed E-state index contributed by atoms with van der Waals surface area (Å²) >= 11 is 0. The maximum absolute atomic E-state index is 9.17. The lowest BCUT2D eigenvalue weighted by molar-refractivity contribution is 0.175. The molecular formula is C18H30N2O. The molecule has 0 radical (unpaired) electrons. The van der Waals surface area contributed by atoms with Gasteiger partial charge in [0.15, 0.2) is 0 Å². The second-order valence-corrected chi connectivity index (χ2v) is 6.12. The highest BCUT2D eigenvalue weighted by Gasteiger charge is 2.19. The zero-order chi connectivity index (χ0) is 15.1. The molecule has 0 aromatic heterocycles. The molecule has 1 aromatic carbocycles. The molecule has 0 atom stereocenters. The quantitative estimate of drug-likeness (QED) is 0.809. The minimum absolute atomic E-state index is 0.361. The van der Waals surface area contributed by atoms with E-state index < -0.39 is 0 Å². The van der Waals surface area contributed by atoms with E-state index in [4.69, 9.17) is 0 Å². The van der Waals surface area contributed by atoms with Gasteiger partial charge in [0.2, 0.25) is 0 Å². The Hall–Kier alpha value is -1.06. The van der Waals surface area contributed by atoms with Crippen molar-refractivity contribution in [2.24, 2.45) is 5.92 Å². The maximum atomic E-state index is 9.17. The lowest BCUT2D eigenvalue weighted by Gasteiger charge is -2.28. The molecule has 0 spiro atoms. The molecule has 3 nitrogen and oxygen atoms in total. The predicted octanol–water partition coefficient (Wildman–Crippen LogP) is 3.17. The van der Waals surface area contributed by atoms with Crippen LogP contribution in [0.1, 0.15) is 45.1 Å². The van der Waals surface area contributed by atoms with Crippen molar-refractivity contribution in [2.75, 3.05) is 24.6 Å². The first-order valence-electron chi connectivity index (χ1n) is 8.44. The van der Waals surface area contributed by atoms with E-state index in [-0.39, 0.29) is 0 Å². The van der Waals surface area contributed by atoms with Gasteiger partial charge in [-0.2, -0.15) is 0 Å². The van der Waals surface area contributed by atoms with Gasteiger partial charge < -0.3 is 15.3 Å². The van der Waals surface area contributed by atoms with Gasteiger partial charge in [-0.15, -0.1) is 0 Å². The number of rotatable bonds is 7. The fourth-order valence-corrected chi connectivity index (χ4v) is 3.22. The van der Waals surface area contributed by atoms with E-state index in [9.17, 15) is 5.11 Å². The molecule has 1 fully saturated rings. The molecule has 1 aliphatic carbocycles. The smallest absolute Gasteiger partial charge is 0.0459 e. The average Bonchev–Trinajstić information content (AvgIpc) is 2.55. The molecule has 21 heavy (non-hydrogen) atoms. The zero-order valence-corrected chi connectivity index (χ0v) is 13.5. The van der Waals surface area contributed by atoms with Gasteiger partial charge >= 0.3 is 0 Å². The summed E-state index contributed by atoms with van der Waals surface area (Å²) in [5, 5.41) is 12.8. The number of anilines is 1. The molecule has 2 rings (SSSR count). The van der Waals surface area contributed by atoms with Gasteiger partial charge in [-0.05, 0) is 63.1 Å². The number of aliphatic hydroxyl groups is 1. The van der Waals surface area contributed by atoms with Crippen LogP contribution in [-0.4, -0.2) is 30.8 Å². The van der Waals surface area contributed by atoms with Crippen LogP contribution in [0.3, 0.4) is 0 Å². The predicted molar refractivity (Wildman–Crippen MR) is 89.7 cm³/mol. The van der Waals surface area contributed by atoms with Crippen molar-refractivity contribution in [3.05, 3.63) is 29.8 Å². The van der Waals surface area contributed by atoms with Crippen LogP contribution in [0.15, 0.2) is 24.3 Å². The summed E-state index contributed by atoms with van der Waals surface area (Å²) in [5.74, 6) is 0.538. The van der Waals surface area contributed by atoms with E-state index in [0.29, 0.717) is 18.6 Å². The van der Waals surface area contributed by atoms with Crippen LogP contribution in [0.4, 0.5) is 5.69 Å². The van der Waals surface area contributed by atoms with Crippen LogP contribution >= 0.6 is 0 Å². The fraction of sp³-hybridized carbons (Fsp3) is 0.667. The lowest BCUT2D eigenvalue weighted by atomic mass is 9.86. The van der Waals surface area contributed by atoms with Gasteiger partial charge in [0.25, 0.3) is 0 Å². The van der Waals surface area contributed by atoms with Gasteiger partial charge in [0, 0.05) is 38.0 Å².